The zero-order valence-electron chi connectivity index (χ0n) is 12.2. The van der Waals surface area contributed by atoms with Crippen LogP contribution < -0.4 is 5.73 Å². The summed E-state index contributed by atoms with van der Waals surface area (Å²) in [5.41, 5.74) is 6.23. The molecule has 0 spiro atoms. The van der Waals surface area contributed by atoms with E-state index in [4.69, 9.17) is 10.5 Å². The van der Waals surface area contributed by atoms with Gasteiger partial charge < -0.3 is 10.5 Å². The van der Waals surface area contributed by atoms with Gasteiger partial charge in [-0.1, -0.05) is 12.8 Å². The minimum absolute atomic E-state index is 0.139. The number of nitrogens with zero attached hydrogens (tertiary/aromatic N) is 1. The van der Waals surface area contributed by atoms with Gasteiger partial charge in [-0.2, -0.15) is 0 Å². The number of rotatable bonds is 6. The van der Waals surface area contributed by atoms with E-state index in [2.05, 4.69) is 11.8 Å². The van der Waals surface area contributed by atoms with Crippen molar-refractivity contribution in [2.24, 2.45) is 11.7 Å². The molecule has 0 bridgehead atoms. The van der Waals surface area contributed by atoms with Crippen LogP contribution in [0.2, 0.25) is 0 Å². The third-order valence-electron chi connectivity index (χ3n) is 5.22. The highest BCUT2D eigenvalue weighted by Gasteiger charge is 2.41. The molecule has 1 saturated carbocycles. The molecule has 0 aromatic heterocycles. The summed E-state index contributed by atoms with van der Waals surface area (Å²) in [6, 6.07) is 0.790. The van der Waals surface area contributed by atoms with E-state index in [1.54, 1.807) is 7.11 Å². The second-order valence-corrected chi connectivity index (χ2v) is 6.39. The molecule has 3 nitrogen and oxygen atoms in total. The fourth-order valence-corrected chi connectivity index (χ4v) is 3.98. The van der Waals surface area contributed by atoms with Gasteiger partial charge in [0.05, 0.1) is 0 Å². The van der Waals surface area contributed by atoms with Gasteiger partial charge in [0.1, 0.15) is 0 Å². The molecule has 0 amide bonds. The summed E-state index contributed by atoms with van der Waals surface area (Å²) in [7, 11) is 1.79. The van der Waals surface area contributed by atoms with Gasteiger partial charge in [-0.3, -0.25) is 4.90 Å². The fraction of sp³-hybridized carbons (Fsp3) is 1.00. The first-order valence-corrected chi connectivity index (χ1v) is 7.67. The van der Waals surface area contributed by atoms with Crippen molar-refractivity contribution >= 4 is 0 Å². The predicted molar refractivity (Wildman–Crippen MR) is 75.6 cm³/mol. The molecular weight excluding hydrogens is 224 g/mol. The van der Waals surface area contributed by atoms with Crippen LogP contribution in [0.3, 0.4) is 0 Å². The van der Waals surface area contributed by atoms with Crippen molar-refractivity contribution in [3.05, 3.63) is 0 Å². The van der Waals surface area contributed by atoms with Crippen molar-refractivity contribution in [2.45, 2.75) is 63.5 Å². The van der Waals surface area contributed by atoms with Crippen LogP contribution in [0.1, 0.15) is 51.9 Å². The van der Waals surface area contributed by atoms with E-state index in [0.29, 0.717) is 0 Å². The van der Waals surface area contributed by atoms with Gasteiger partial charge in [-0.15, -0.1) is 0 Å². The van der Waals surface area contributed by atoms with Crippen LogP contribution in [0.5, 0.6) is 0 Å². The Morgan fingerprint density at radius 3 is 2.56 bits per heavy atom. The van der Waals surface area contributed by atoms with Gasteiger partial charge in [-0.25, -0.2) is 0 Å². The number of hydrogen-bond donors (Lipinski definition) is 1. The molecule has 1 aliphatic heterocycles. The Balaban J connectivity index is 2.03. The Labute approximate surface area is 112 Å². The summed E-state index contributed by atoms with van der Waals surface area (Å²) in [6.45, 7) is 5.14. The Kier molecular flexibility index (Phi) is 5.05. The van der Waals surface area contributed by atoms with Gasteiger partial charge in [-0.05, 0) is 51.5 Å². The Morgan fingerprint density at radius 2 is 1.94 bits per heavy atom. The molecule has 2 rings (SSSR count). The zero-order valence-corrected chi connectivity index (χ0v) is 12.2. The van der Waals surface area contributed by atoms with E-state index in [0.717, 1.165) is 31.5 Å². The van der Waals surface area contributed by atoms with Crippen molar-refractivity contribution in [1.29, 1.82) is 0 Å². The van der Waals surface area contributed by atoms with Crippen LogP contribution in [-0.2, 0) is 4.74 Å². The van der Waals surface area contributed by atoms with Crippen molar-refractivity contribution in [2.75, 3.05) is 26.8 Å². The van der Waals surface area contributed by atoms with Crippen LogP contribution in [-0.4, -0.2) is 43.3 Å². The maximum atomic E-state index is 6.09. The maximum Gasteiger partial charge on any atom is 0.0480 e. The van der Waals surface area contributed by atoms with E-state index in [1.807, 2.05) is 0 Å². The molecule has 1 heterocycles. The smallest absolute Gasteiger partial charge is 0.0480 e. The normalized spacial score (nSPS) is 29.8. The summed E-state index contributed by atoms with van der Waals surface area (Å²) in [4.78, 5) is 2.72. The summed E-state index contributed by atoms with van der Waals surface area (Å²) in [5.74, 6) is 0.931. The lowest BCUT2D eigenvalue weighted by Gasteiger charge is -2.44. The van der Waals surface area contributed by atoms with E-state index >= 15 is 0 Å². The third kappa shape index (κ3) is 2.89. The first-order valence-electron chi connectivity index (χ1n) is 7.67. The average Bonchev–Trinajstić information content (AvgIpc) is 3.05. The highest BCUT2D eigenvalue weighted by Crippen LogP contribution is 2.39. The molecule has 1 aliphatic carbocycles. The molecule has 3 heteroatoms. The molecule has 0 aromatic carbocycles. The van der Waals surface area contributed by atoms with Crippen molar-refractivity contribution in [3.63, 3.8) is 0 Å². The minimum Gasteiger partial charge on any atom is -0.385 e. The van der Waals surface area contributed by atoms with Crippen LogP contribution >= 0.6 is 0 Å². The van der Waals surface area contributed by atoms with Crippen molar-refractivity contribution in [1.82, 2.24) is 4.90 Å². The second-order valence-electron chi connectivity index (χ2n) is 6.39. The highest BCUT2D eigenvalue weighted by molar-refractivity contribution is 4.97. The first-order chi connectivity index (χ1) is 8.71. The molecular formula is C15H30N2O. The predicted octanol–water partition coefficient (Wildman–Crippen LogP) is 2.39. The molecule has 2 unspecified atom stereocenters. The Bertz CT molecular complexity index is 253. The number of likely N-dealkylation sites (tertiary alicyclic amines) is 1. The summed E-state index contributed by atoms with van der Waals surface area (Å²) in [6.07, 6.45) is 9.54. The minimum atomic E-state index is 0.139. The standard InChI is InChI=1S/C15H30N2O/c1-15(12-16,9-11-18-2)17-10-5-8-14(17)13-6-3-4-7-13/h13-14H,3-12,16H2,1-2H3. The third-order valence-corrected chi connectivity index (χ3v) is 5.22. The van der Waals surface area contributed by atoms with Gasteiger partial charge in [0.15, 0.2) is 0 Å². The lowest BCUT2D eigenvalue weighted by Crippen LogP contribution is -2.55. The largest absolute Gasteiger partial charge is 0.385 e. The van der Waals surface area contributed by atoms with Crippen LogP contribution in [0.15, 0.2) is 0 Å². The first kappa shape index (κ1) is 14.3. The molecule has 1 saturated heterocycles. The Hall–Kier alpha value is -0.120. The molecule has 2 atom stereocenters. The average molecular weight is 254 g/mol. The molecule has 18 heavy (non-hydrogen) atoms. The SMILES string of the molecule is COCCC(C)(CN)N1CCCC1C1CCCC1. The van der Waals surface area contributed by atoms with E-state index < -0.39 is 0 Å². The quantitative estimate of drug-likeness (QED) is 0.791. The lowest BCUT2D eigenvalue weighted by molar-refractivity contribution is 0.0390. The number of hydrogen-bond acceptors (Lipinski definition) is 3. The Morgan fingerprint density at radius 1 is 1.22 bits per heavy atom. The molecule has 2 aliphatic rings. The molecule has 0 radical (unpaired) electrons. The molecule has 2 fully saturated rings. The maximum absolute atomic E-state index is 6.09. The molecule has 2 N–H and O–H groups in total. The van der Waals surface area contributed by atoms with Crippen LogP contribution in [0.4, 0.5) is 0 Å². The van der Waals surface area contributed by atoms with Gasteiger partial charge in [0.2, 0.25) is 0 Å². The number of ether oxygens (including phenoxy) is 1. The second kappa shape index (κ2) is 6.36. The summed E-state index contributed by atoms with van der Waals surface area (Å²) >= 11 is 0. The fourth-order valence-electron chi connectivity index (χ4n) is 3.98. The van der Waals surface area contributed by atoms with Gasteiger partial charge in [0.25, 0.3) is 0 Å². The number of nitrogens with two attached hydrogens (primary N) is 1. The highest BCUT2D eigenvalue weighted by atomic mass is 16.5. The van der Waals surface area contributed by atoms with Gasteiger partial charge in [0, 0.05) is 31.8 Å². The van der Waals surface area contributed by atoms with Crippen LogP contribution in [0.25, 0.3) is 0 Å². The van der Waals surface area contributed by atoms with E-state index in [-0.39, 0.29) is 5.54 Å². The van der Waals surface area contributed by atoms with E-state index in [9.17, 15) is 0 Å². The lowest BCUT2D eigenvalue weighted by atomic mass is 9.89. The topological polar surface area (TPSA) is 38.5 Å². The summed E-state index contributed by atoms with van der Waals surface area (Å²) < 4.78 is 5.28. The van der Waals surface area contributed by atoms with Crippen molar-refractivity contribution < 1.29 is 4.74 Å². The molecule has 0 aromatic rings. The van der Waals surface area contributed by atoms with Crippen molar-refractivity contribution in [3.8, 4) is 0 Å². The van der Waals surface area contributed by atoms with Gasteiger partial charge >= 0.3 is 0 Å². The van der Waals surface area contributed by atoms with Crippen LogP contribution in [0, 0.1) is 5.92 Å². The van der Waals surface area contributed by atoms with E-state index in [1.165, 1.54) is 45.1 Å². The molecule has 106 valence electrons. The number of methoxy groups -OCH3 is 1. The monoisotopic (exact) mass is 254 g/mol. The summed E-state index contributed by atoms with van der Waals surface area (Å²) in [5, 5.41) is 0. The zero-order chi connectivity index (χ0) is 13.0.